The zero-order chi connectivity index (χ0) is 9.61. The van der Waals surface area contributed by atoms with E-state index in [9.17, 15) is 4.79 Å². The van der Waals surface area contributed by atoms with Crippen molar-refractivity contribution in [1.82, 2.24) is 0 Å². The topological polar surface area (TPSA) is 35.5 Å². The molecule has 0 aromatic rings. The minimum Gasteiger partial charge on any atom is -0.377 e. The zero-order valence-corrected chi connectivity index (χ0v) is 8.35. The molecule has 0 aliphatic heterocycles. The molecule has 0 fully saturated rings. The molecule has 0 atom stereocenters. The number of methoxy groups -OCH3 is 2. The second-order valence-electron chi connectivity index (χ2n) is 2.76. The van der Waals surface area contributed by atoms with Crippen molar-refractivity contribution in [2.75, 3.05) is 20.8 Å². The Labute approximate surface area is 74.0 Å². The van der Waals surface area contributed by atoms with Crippen LogP contribution >= 0.6 is 0 Å². The Balaban J connectivity index is 4.36. The molecule has 0 aliphatic rings. The lowest BCUT2D eigenvalue weighted by molar-refractivity contribution is -0.145. The van der Waals surface area contributed by atoms with Gasteiger partial charge in [-0.25, -0.2) is 0 Å². The Morgan fingerprint density at radius 3 is 2.00 bits per heavy atom. The third-order valence-corrected chi connectivity index (χ3v) is 2.32. The highest BCUT2D eigenvalue weighted by atomic mass is 16.5. The van der Waals surface area contributed by atoms with Gasteiger partial charge in [-0.3, -0.25) is 4.79 Å². The van der Waals surface area contributed by atoms with Gasteiger partial charge in [0.05, 0.1) is 0 Å². The Morgan fingerprint density at radius 1 is 1.25 bits per heavy atom. The quantitative estimate of drug-likeness (QED) is 0.610. The number of rotatable bonds is 6. The van der Waals surface area contributed by atoms with Crippen LogP contribution < -0.4 is 0 Å². The van der Waals surface area contributed by atoms with Gasteiger partial charge in [0.15, 0.2) is 5.78 Å². The van der Waals surface area contributed by atoms with Crippen molar-refractivity contribution in [1.29, 1.82) is 0 Å². The minimum atomic E-state index is -0.629. The third kappa shape index (κ3) is 2.29. The molecule has 0 N–H and O–H groups in total. The second kappa shape index (κ2) is 5.27. The molecule has 0 amide bonds. The van der Waals surface area contributed by atoms with Crippen LogP contribution in [0, 0.1) is 0 Å². The molecule has 0 saturated heterocycles. The summed E-state index contributed by atoms with van der Waals surface area (Å²) in [5.41, 5.74) is -0.629. The molecule has 3 heteroatoms. The van der Waals surface area contributed by atoms with E-state index in [1.807, 2.05) is 13.8 Å². The van der Waals surface area contributed by atoms with E-state index in [4.69, 9.17) is 9.47 Å². The fraction of sp³-hybridized carbons (Fsp3) is 0.889. The number of ketones is 1. The summed E-state index contributed by atoms with van der Waals surface area (Å²) in [6.07, 6.45) is 1.39. The van der Waals surface area contributed by atoms with Crippen LogP contribution in [0.1, 0.15) is 26.7 Å². The van der Waals surface area contributed by atoms with Gasteiger partial charge in [0, 0.05) is 14.2 Å². The lowest BCUT2D eigenvalue weighted by Crippen LogP contribution is -2.41. The zero-order valence-electron chi connectivity index (χ0n) is 8.35. The molecule has 0 bridgehead atoms. The van der Waals surface area contributed by atoms with Crippen LogP contribution in [0.25, 0.3) is 0 Å². The molecule has 12 heavy (non-hydrogen) atoms. The van der Waals surface area contributed by atoms with Crippen LogP contribution in [0.15, 0.2) is 0 Å². The molecular formula is C9H18O3. The van der Waals surface area contributed by atoms with Gasteiger partial charge in [0.2, 0.25) is 0 Å². The van der Waals surface area contributed by atoms with Crippen molar-refractivity contribution in [2.45, 2.75) is 32.3 Å². The number of carbonyl (C=O) groups is 1. The summed E-state index contributed by atoms with van der Waals surface area (Å²) < 4.78 is 10.0. The first-order valence-electron chi connectivity index (χ1n) is 4.24. The summed E-state index contributed by atoms with van der Waals surface area (Å²) in [6.45, 7) is 4.02. The van der Waals surface area contributed by atoms with Crippen molar-refractivity contribution < 1.29 is 14.3 Å². The van der Waals surface area contributed by atoms with E-state index in [1.54, 1.807) is 7.11 Å². The van der Waals surface area contributed by atoms with Crippen molar-refractivity contribution >= 4 is 5.78 Å². The molecular weight excluding hydrogens is 156 g/mol. The summed E-state index contributed by atoms with van der Waals surface area (Å²) in [5.74, 6) is 0.0255. The van der Waals surface area contributed by atoms with E-state index >= 15 is 0 Å². The summed E-state index contributed by atoms with van der Waals surface area (Å²) in [6, 6.07) is 0. The van der Waals surface area contributed by atoms with Gasteiger partial charge in [0.1, 0.15) is 12.2 Å². The van der Waals surface area contributed by atoms with E-state index in [2.05, 4.69) is 0 Å². The average molecular weight is 174 g/mol. The van der Waals surface area contributed by atoms with Crippen LogP contribution in [0.2, 0.25) is 0 Å². The number of hydrogen-bond acceptors (Lipinski definition) is 3. The maximum absolute atomic E-state index is 11.5. The monoisotopic (exact) mass is 174 g/mol. The number of hydrogen-bond donors (Lipinski definition) is 0. The first-order valence-corrected chi connectivity index (χ1v) is 4.24. The van der Waals surface area contributed by atoms with E-state index < -0.39 is 5.60 Å². The van der Waals surface area contributed by atoms with Gasteiger partial charge in [-0.1, -0.05) is 13.8 Å². The fourth-order valence-electron chi connectivity index (χ4n) is 1.31. The van der Waals surface area contributed by atoms with Crippen molar-refractivity contribution in [3.63, 3.8) is 0 Å². The summed E-state index contributed by atoms with van der Waals surface area (Å²) in [4.78, 5) is 11.5. The van der Waals surface area contributed by atoms with Crippen LogP contribution in [0.3, 0.4) is 0 Å². The molecule has 0 rings (SSSR count). The van der Waals surface area contributed by atoms with E-state index in [-0.39, 0.29) is 12.4 Å². The number of carbonyl (C=O) groups excluding carboxylic acids is 1. The molecule has 0 unspecified atom stereocenters. The molecule has 0 aliphatic carbocycles. The average Bonchev–Trinajstić information content (AvgIpc) is 2.09. The maximum atomic E-state index is 11.5. The SMILES string of the molecule is CCC(CC)(OC)C(=O)COC. The lowest BCUT2D eigenvalue weighted by atomic mass is 9.92. The third-order valence-electron chi connectivity index (χ3n) is 2.32. The van der Waals surface area contributed by atoms with E-state index in [0.29, 0.717) is 12.8 Å². The van der Waals surface area contributed by atoms with E-state index in [0.717, 1.165) is 0 Å². The van der Waals surface area contributed by atoms with Crippen LogP contribution in [-0.4, -0.2) is 32.2 Å². The lowest BCUT2D eigenvalue weighted by Gasteiger charge is -2.27. The van der Waals surface area contributed by atoms with Gasteiger partial charge < -0.3 is 9.47 Å². The predicted octanol–water partition coefficient (Wildman–Crippen LogP) is 1.41. The molecule has 0 radical (unpaired) electrons. The summed E-state index contributed by atoms with van der Waals surface area (Å²) >= 11 is 0. The first kappa shape index (κ1) is 11.6. The van der Waals surface area contributed by atoms with Crippen LogP contribution in [-0.2, 0) is 14.3 Å². The van der Waals surface area contributed by atoms with Crippen molar-refractivity contribution in [3.8, 4) is 0 Å². The predicted molar refractivity (Wildman–Crippen MR) is 47.2 cm³/mol. The second-order valence-corrected chi connectivity index (χ2v) is 2.76. The van der Waals surface area contributed by atoms with Crippen molar-refractivity contribution in [2.24, 2.45) is 0 Å². The first-order chi connectivity index (χ1) is 5.66. The van der Waals surface area contributed by atoms with Crippen LogP contribution in [0.5, 0.6) is 0 Å². The smallest absolute Gasteiger partial charge is 0.190 e. The van der Waals surface area contributed by atoms with Gasteiger partial charge in [-0.2, -0.15) is 0 Å². The highest BCUT2D eigenvalue weighted by molar-refractivity contribution is 5.88. The summed E-state index contributed by atoms with van der Waals surface area (Å²) in [5, 5.41) is 0. The maximum Gasteiger partial charge on any atom is 0.190 e. The van der Waals surface area contributed by atoms with Gasteiger partial charge in [0.25, 0.3) is 0 Å². The van der Waals surface area contributed by atoms with Gasteiger partial charge in [-0.15, -0.1) is 0 Å². The Kier molecular flexibility index (Phi) is 5.09. The molecule has 0 aromatic heterocycles. The standard InChI is InChI=1S/C9H18O3/c1-5-9(6-2,12-4)8(10)7-11-3/h5-7H2,1-4H3. The minimum absolute atomic E-state index is 0.0255. The van der Waals surface area contributed by atoms with Gasteiger partial charge in [-0.05, 0) is 12.8 Å². The Hall–Kier alpha value is -0.410. The molecule has 0 aromatic carbocycles. The molecule has 3 nitrogen and oxygen atoms in total. The van der Waals surface area contributed by atoms with E-state index in [1.165, 1.54) is 7.11 Å². The normalized spacial score (nSPS) is 11.7. The Morgan fingerprint density at radius 2 is 1.75 bits per heavy atom. The highest BCUT2D eigenvalue weighted by Crippen LogP contribution is 2.20. The molecule has 0 heterocycles. The number of ether oxygens (including phenoxy) is 2. The molecule has 72 valence electrons. The number of Topliss-reactive ketones (excluding diaryl/α,β-unsaturated/α-hetero) is 1. The summed E-state index contributed by atoms with van der Waals surface area (Å²) in [7, 11) is 3.09. The molecule has 0 saturated carbocycles. The van der Waals surface area contributed by atoms with Crippen LogP contribution in [0.4, 0.5) is 0 Å². The highest BCUT2D eigenvalue weighted by Gasteiger charge is 2.33. The van der Waals surface area contributed by atoms with Gasteiger partial charge >= 0.3 is 0 Å². The largest absolute Gasteiger partial charge is 0.377 e. The van der Waals surface area contributed by atoms with Crippen molar-refractivity contribution in [3.05, 3.63) is 0 Å². The fourth-order valence-corrected chi connectivity index (χ4v) is 1.31. The molecule has 0 spiro atoms. The Bertz CT molecular complexity index is 130.